The summed E-state index contributed by atoms with van der Waals surface area (Å²) in [6.45, 7) is 18.6. The SMILES string of the molecule is CCc1cc(CNc2ccc(Nc3ccccc3CC(C)CC(C)(C)C)cc2)cc(C(C)(C)C)c1O. The first-order valence-electron chi connectivity index (χ1n) is 13.4. The maximum absolute atomic E-state index is 10.7. The highest BCUT2D eigenvalue weighted by atomic mass is 16.3. The van der Waals surface area contributed by atoms with Crippen molar-refractivity contribution >= 4 is 17.1 Å². The first kappa shape index (κ1) is 27.6. The summed E-state index contributed by atoms with van der Waals surface area (Å²) < 4.78 is 0. The third kappa shape index (κ3) is 7.78. The molecule has 1 unspecified atom stereocenters. The maximum Gasteiger partial charge on any atom is 0.122 e. The highest BCUT2D eigenvalue weighted by molar-refractivity contribution is 5.65. The monoisotopic (exact) mass is 486 g/mol. The van der Waals surface area contributed by atoms with Crippen LogP contribution in [0.3, 0.4) is 0 Å². The fourth-order valence-electron chi connectivity index (χ4n) is 5.05. The van der Waals surface area contributed by atoms with E-state index in [-0.39, 0.29) is 5.41 Å². The molecule has 0 saturated carbocycles. The van der Waals surface area contributed by atoms with E-state index in [0.29, 0.717) is 17.1 Å². The highest BCUT2D eigenvalue weighted by Gasteiger charge is 2.21. The molecule has 3 nitrogen and oxygen atoms in total. The van der Waals surface area contributed by atoms with E-state index in [2.05, 4.69) is 127 Å². The van der Waals surface area contributed by atoms with Gasteiger partial charge in [-0.2, -0.15) is 0 Å². The van der Waals surface area contributed by atoms with Crippen LogP contribution < -0.4 is 10.6 Å². The molecule has 0 aliphatic heterocycles. The third-order valence-electron chi connectivity index (χ3n) is 6.64. The van der Waals surface area contributed by atoms with E-state index >= 15 is 0 Å². The molecule has 0 heterocycles. The van der Waals surface area contributed by atoms with Crippen molar-refractivity contribution in [1.82, 2.24) is 0 Å². The molecule has 0 aliphatic carbocycles. The number of rotatable bonds is 9. The lowest BCUT2D eigenvalue weighted by Gasteiger charge is -2.24. The molecular weight excluding hydrogens is 440 g/mol. The number of benzene rings is 3. The van der Waals surface area contributed by atoms with Crippen LogP contribution in [0.25, 0.3) is 0 Å². The zero-order valence-corrected chi connectivity index (χ0v) is 23.6. The van der Waals surface area contributed by atoms with Crippen molar-refractivity contribution in [2.75, 3.05) is 10.6 Å². The first-order valence-corrected chi connectivity index (χ1v) is 13.4. The van der Waals surface area contributed by atoms with Crippen LogP contribution >= 0.6 is 0 Å². The van der Waals surface area contributed by atoms with Crippen molar-refractivity contribution in [2.24, 2.45) is 11.3 Å². The Bertz CT molecular complexity index is 1130. The molecule has 0 fully saturated rings. The Morgan fingerprint density at radius 1 is 0.833 bits per heavy atom. The predicted molar refractivity (Wildman–Crippen MR) is 157 cm³/mol. The largest absolute Gasteiger partial charge is 0.507 e. The van der Waals surface area contributed by atoms with Gasteiger partial charge in [-0.15, -0.1) is 0 Å². The fourth-order valence-corrected chi connectivity index (χ4v) is 5.05. The van der Waals surface area contributed by atoms with E-state index in [9.17, 15) is 5.11 Å². The molecular formula is C33H46N2O. The van der Waals surface area contributed by atoms with E-state index in [1.807, 2.05) is 0 Å². The van der Waals surface area contributed by atoms with Gasteiger partial charge in [-0.1, -0.05) is 79.7 Å². The van der Waals surface area contributed by atoms with Gasteiger partial charge in [0.1, 0.15) is 5.75 Å². The number of aromatic hydroxyl groups is 1. The summed E-state index contributed by atoms with van der Waals surface area (Å²) in [4.78, 5) is 0. The number of anilines is 3. The van der Waals surface area contributed by atoms with Crippen LogP contribution in [0.5, 0.6) is 5.75 Å². The van der Waals surface area contributed by atoms with Crippen LogP contribution in [0.4, 0.5) is 17.1 Å². The molecule has 3 aromatic carbocycles. The Labute approximate surface area is 219 Å². The summed E-state index contributed by atoms with van der Waals surface area (Å²) in [7, 11) is 0. The predicted octanol–water partition coefficient (Wildman–Crippen LogP) is 9.22. The van der Waals surface area contributed by atoms with Gasteiger partial charge >= 0.3 is 0 Å². The van der Waals surface area contributed by atoms with E-state index in [4.69, 9.17) is 0 Å². The summed E-state index contributed by atoms with van der Waals surface area (Å²) in [5.74, 6) is 1.07. The number of nitrogens with one attached hydrogen (secondary N) is 2. The van der Waals surface area contributed by atoms with Crippen molar-refractivity contribution in [3.8, 4) is 5.75 Å². The lowest BCUT2D eigenvalue weighted by atomic mass is 9.83. The molecule has 36 heavy (non-hydrogen) atoms. The van der Waals surface area contributed by atoms with Gasteiger partial charge in [0.2, 0.25) is 0 Å². The van der Waals surface area contributed by atoms with Crippen LogP contribution in [-0.4, -0.2) is 5.11 Å². The number of phenols is 1. The molecule has 0 aromatic heterocycles. The van der Waals surface area contributed by atoms with Gasteiger partial charge < -0.3 is 15.7 Å². The molecule has 0 saturated heterocycles. The van der Waals surface area contributed by atoms with E-state index in [1.54, 1.807) is 0 Å². The van der Waals surface area contributed by atoms with E-state index in [0.717, 1.165) is 41.9 Å². The molecule has 3 aromatic rings. The van der Waals surface area contributed by atoms with Gasteiger partial charge in [0.25, 0.3) is 0 Å². The first-order chi connectivity index (χ1) is 16.9. The highest BCUT2D eigenvalue weighted by Crippen LogP contribution is 2.35. The van der Waals surface area contributed by atoms with Gasteiger partial charge in [0, 0.05) is 23.6 Å². The molecule has 194 valence electrons. The molecule has 3 heteroatoms. The second kappa shape index (κ2) is 11.4. The lowest BCUT2D eigenvalue weighted by molar-refractivity contribution is 0.306. The number of hydrogen-bond acceptors (Lipinski definition) is 3. The van der Waals surface area contributed by atoms with Crippen molar-refractivity contribution in [3.63, 3.8) is 0 Å². The molecule has 3 rings (SSSR count). The van der Waals surface area contributed by atoms with Crippen LogP contribution in [0.2, 0.25) is 0 Å². The molecule has 0 spiro atoms. The van der Waals surface area contributed by atoms with Crippen LogP contribution in [0.15, 0.2) is 60.7 Å². The minimum Gasteiger partial charge on any atom is -0.507 e. The average Bonchev–Trinajstić information content (AvgIpc) is 2.78. The van der Waals surface area contributed by atoms with E-state index < -0.39 is 0 Å². The number of aryl methyl sites for hydroxylation is 1. The normalized spacial score (nSPS) is 12.9. The summed E-state index contributed by atoms with van der Waals surface area (Å²) in [5.41, 5.74) is 8.17. The number of phenolic OH excluding ortho intramolecular Hbond substituents is 1. The smallest absolute Gasteiger partial charge is 0.122 e. The van der Waals surface area contributed by atoms with E-state index in [1.165, 1.54) is 23.2 Å². The van der Waals surface area contributed by atoms with Gasteiger partial charge in [-0.05, 0) is 94.7 Å². The minimum absolute atomic E-state index is 0.0990. The summed E-state index contributed by atoms with van der Waals surface area (Å²) in [6, 6.07) is 21.4. The number of hydrogen-bond donors (Lipinski definition) is 3. The van der Waals surface area contributed by atoms with Crippen molar-refractivity contribution in [2.45, 2.75) is 86.6 Å². The lowest BCUT2D eigenvalue weighted by Crippen LogP contribution is -2.13. The van der Waals surface area contributed by atoms with Gasteiger partial charge in [-0.3, -0.25) is 0 Å². The summed E-state index contributed by atoms with van der Waals surface area (Å²) in [6.07, 6.45) is 3.10. The molecule has 0 bridgehead atoms. The quantitative estimate of drug-likeness (QED) is 0.282. The summed E-state index contributed by atoms with van der Waals surface area (Å²) >= 11 is 0. The van der Waals surface area contributed by atoms with Crippen LogP contribution in [-0.2, 0) is 24.8 Å². The molecule has 0 aliphatic rings. The Morgan fingerprint density at radius 3 is 2.08 bits per heavy atom. The second-order valence-electron chi connectivity index (χ2n) is 12.5. The zero-order chi connectivity index (χ0) is 26.5. The van der Waals surface area contributed by atoms with Gasteiger partial charge in [-0.25, -0.2) is 0 Å². The topological polar surface area (TPSA) is 44.3 Å². The fraction of sp³-hybridized carbons (Fsp3) is 0.455. The average molecular weight is 487 g/mol. The van der Waals surface area contributed by atoms with Gasteiger partial charge in [0.15, 0.2) is 0 Å². The third-order valence-corrected chi connectivity index (χ3v) is 6.64. The minimum atomic E-state index is -0.0990. The Hall–Kier alpha value is -2.94. The number of para-hydroxylation sites is 1. The standard InChI is InChI=1S/C33H46N2O/c1-9-25-19-24(20-29(31(25)36)33(6,7)8)22-34-27-14-16-28(17-15-27)35-30-13-11-10-12-26(30)18-23(2)21-32(3,4)5/h10-17,19-20,23,34-36H,9,18,21-22H2,1-8H3. The van der Waals surface area contributed by atoms with Crippen molar-refractivity contribution in [3.05, 3.63) is 82.9 Å². The van der Waals surface area contributed by atoms with Crippen LogP contribution in [0, 0.1) is 11.3 Å². The molecule has 3 N–H and O–H groups in total. The Balaban J connectivity index is 1.67. The second-order valence-corrected chi connectivity index (χ2v) is 12.5. The molecule has 0 radical (unpaired) electrons. The summed E-state index contributed by atoms with van der Waals surface area (Å²) in [5, 5.41) is 17.9. The molecule has 1 atom stereocenters. The van der Waals surface area contributed by atoms with Crippen LogP contribution in [0.1, 0.15) is 84.1 Å². The van der Waals surface area contributed by atoms with Crippen molar-refractivity contribution < 1.29 is 5.11 Å². The Kier molecular flexibility index (Phi) is 8.76. The van der Waals surface area contributed by atoms with Gasteiger partial charge in [0.05, 0.1) is 0 Å². The zero-order valence-electron chi connectivity index (χ0n) is 23.6. The van der Waals surface area contributed by atoms with Crippen molar-refractivity contribution in [1.29, 1.82) is 0 Å². The maximum atomic E-state index is 10.7. The molecule has 0 amide bonds. The Morgan fingerprint density at radius 2 is 1.47 bits per heavy atom.